The number of rotatable bonds is 8. The Kier molecular flexibility index (Phi) is 12.9. The van der Waals surface area contributed by atoms with Crippen molar-refractivity contribution in [1.29, 1.82) is 0 Å². The predicted octanol–water partition coefficient (Wildman–Crippen LogP) is 6.60. The van der Waals surface area contributed by atoms with Crippen LogP contribution >= 0.6 is 0 Å². The first-order valence-electron chi connectivity index (χ1n) is 15.9. The molecule has 0 unspecified atom stereocenters. The molecule has 2 amide bonds. The molecule has 0 aliphatic heterocycles. The average molecular weight is 657 g/mol. The molecule has 0 aliphatic rings. The number of ether oxygens (including phenoxy) is 2. The van der Waals surface area contributed by atoms with Gasteiger partial charge in [-0.2, -0.15) is 0 Å². The van der Waals surface area contributed by atoms with Gasteiger partial charge in [0, 0.05) is 28.9 Å². The summed E-state index contributed by atoms with van der Waals surface area (Å²) in [5.41, 5.74) is 5.23. The Labute approximate surface area is 282 Å². The third kappa shape index (κ3) is 12.9. The van der Waals surface area contributed by atoms with E-state index in [1.165, 1.54) is 0 Å². The smallest absolute Gasteiger partial charge is 0.407 e. The molecule has 2 aromatic carbocycles. The van der Waals surface area contributed by atoms with Gasteiger partial charge in [0.15, 0.2) is 0 Å². The highest BCUT2D eigenvalue weighted by molar-refractivity contribution is 5.68. The normalized spacial score (nSPS) is 11.2. The van der Waals surface area contributed by atoms with Gasteiger partial charge in [0.2, 0.25) is 0 Å². The summed E-state index contributed by atoms with van der Waals surface area (Å²) < 4.78 is 10.4. The van der Waals surface area contributed by atoms with Crippen molar-refractivity contribution in [3.8, 4) is 0 Å². The summed E-state index contributed by atoms with van der Waals surface area (Å²) >= 11 is 0. The molecule has 2 aromatic heterocycles. The topological polar surface area (TPSA) is 142 Å². The first-order chi connectivity index (χ1) is 22.5. The summed E-state index contributed by atoms with van der Waals surface area (Å²) in [7, 11) is 0. The first kappa shape index (κ1) is 37.3. The Morgan fingerprint density at radius 2 is 1.10 bits per heavy atom. The summed E-state index contributed by atoms with van der Waals surface area (Å²) in [6, 6.07) is 23.8. The highest BCUT2D eigenvalue weighted by atomic mass is 16.6. The van der Waals surface area contributed by atoms with Gasteiger partial charge in [0.1, 0.15) is 11.2 Å². The minimum absolute atomic E-state index is 0.132. The first-order valence-corrected chi connectivity index (χ1v) is 15.9. The van der Waals surface area contributed by atoms with Crippen molar-refractivity contribution in [2.45, 2.75) is 92.5 Å². The molecule has 0 fully saturated rings. The molecule has 256 valence electrons. The Hall–Kier alpha value is -5.12. The van der Waals surface area contributed by atoms with E-state index in [0.29, 0.717) is 24.0 Å². The lowest BCUT2D eigenvalue weighted by molar-refractivity contribution is 0.0512. The number of hydrogen-bond donors (Lipinski definition) is 4. The van der Waals surface area contributed by atoms with Crippen LogP contribution < -0.4 is 21.8 Å². The Morgan fingerprint density at radius 3 is 1.58 bits per heavy atom. The van der Waals surface area contributed by atoms with Crippen molar-refractivity contribution in [1.82, 2.24) is 20.6 Å². The van der Waals surface area contributed by atoms with Crippen molar-refractivity contribution in [2.75, 3.05) is 0 Å². The van der Waals surface area contributed by atoms with Crippen molar-refractivity contribution in [2.24, 2.45) is 0 Å². The van der Waals surface area contributed by atoms with Crippen LogP contribution in [0.15, 0.2) is 82.4 Å². The fourth-order valence-electron chi connectivity index (χ4n) is 4.82. The minimum Gasteiger partial charge on any atom is -0.444 e. The zero-order valence-electron chi connectivity index (χ0n) is 29.2. The number of hydrogen-bond acceptors (Lipinski definition) is 6. The summed E-state index contributed by atoms with van der Waals surface area (Å²) in [6.45, 7) is 14.8. The van der Waals surface area contributed by atoms with E-state index in [-0.39, 0.29) is 24.2 Å². The maximum atomic E-state index is 12.3. The van der Waals surface area contributed by atoms with Crippen LogP contribution in [-0.2, 0) is 35.4 Å². The number of aryl methyl sites for hydroxylation is 2. The molecule has 4 N–H and O–H groups in total. The lowest BCUT2D eigenvalue weighted by atomic mass is 10.0. The largest absolute Gasteiger partial charge is 0.444 e. The third-order valence-corrected chi connectivity index (χ3v) is 6.87. The molecular weight excluding hydrogens is 608 g/mol. The Bertz CT molecular complexity index is 1780. The molecule has 10 heteroatoms. The molecule has 4 rings (SSSR count). The number of alkyl carbamates (subject to hydrolysis) is 2. The van der Waals surface area contributed by atoms with E-state index < -0.39 is 23.4 Å². The van der Waals surface area contributed by atoms with Gasteiger partial charge < -0.3 is 30.1 Å². The van der Waals surface area contributed by atoms with E-state index in [4.69, 9.17) is 9.47 Å². The highest BCUT2D eigenvalue weighted by Crippen LogP contribution is 2.14. The van der Waals surface area contributed by atoms with Crippen molar-refractivity contribution < 1.29 is 19.1 Å². The van der Waals surface area contributed by atoms with Crippen molar-refractivity contribution in [3.05, 3.63) is 138 Å². The monoisotopic (exact) mass is 656 g/mol. The van der Waals surface area contributed by atoms with E-state index >= 15 is 0 Å². The standard InChI is InChI=1S/2C19H24N2O3/c1-13-10-15(11-14-8-6-5-7-9-14)16(17(22)21-13)12-20-18(23)24-19(2,3)4;1-13-10-15(11-14-8-6-5-7-9-14)21-17(22)16(13)12-20-18(23)24-19(2,3)4/h2*5-10H,11-12H2,1-4H3,(H,20,23)(H,21,22). The second-order valence-corrected chi connectivity index (χ2v) is 13.6. The van der Waals surface area contributed by atoms with Gasteiger partial charge in [-0.1, -0.05) is 60.7 Å². The van der Waals surface area contributed by atoms with Gasteiger partial charge in [-0.05, 0) is 96.2 Å². The zero-order chi connectivity index (χ0) is 35.5. The van der Waals surface area contributed by atoms with E-state index in [0.717, 1.165) is 33.6 Å². The quantitative estimate of drug-likeness (QED) is 0.168. The highest BCUT2D eigenvalue weighted by Gasteiger charge is 2.18. The molecule has 0 saturated heterocycles. The van der Waals surface area contributed by atoms with Crippen LogP contribution in [0.2, 0.25) is 0 Å². The van der Waals surface area contributed by atoms with Crippen molar-refractivity contribution in [3.63, 3.8) is 0 Å². The molecule has 0 spiro atoms. The number of H-pyrrole nitrogens is 2. The van der Waals surface area contributed by atoms with Crippen LogP contribution in [0.1, 0.15) is 86.3 Å². The van der Waals surface area contributed by atoms with Crippen LogP contribution in [0.4, 0.5) is 9.59 Å². The second kappa shape index (κ2) is 16.6. The summed E-state index contributed by atoms with van der Waals surface area (Å²) in [5.74, 6) is 0. The fourth-order valence-corrected chi connectivity index (χ4v) is 4.82. The zero-order valence-corrected chi connectivity index (χ0v) is 29.2. The van der Waals surface area contributed by atoms with Gasteiger partial charge in [-0.25, -0.2) is 9.59 Å². The predicted molar refractivity (Wildman–Crippen MR) is 188 cm³/mol. The van der Waals surface area contributed by atoms with Crippen LogP contribution in [0, 0.1) is 13.8 Å². The molecule has 0 atom stereocenters. The lowest BCUT2D eigenvalue weighted by Gasteiger charge is -2.20. The third-order valence-electron chi connectivity index (χ3n) is 6.87. The molecule has 0 aliphatic carbocycles. The van der Waals surface area contributed by atoms with Crippen LogP contribution in [0.5, 0.6) is 0 Å². The summed E-state index contributed by atoms with van der Waals surface area (Å²) in [6.07, 6.45) is 0.232. The summed E-state index contributed by atoms with van der Waals surface area (Å²) in [4.78, 5) is 53.8. The fraction of sp³-hybridized carbons (Fsp3) is 0.368. The van der Waals surface area contributed by atoms with Gasteiger partial charge in [0.05, 0.1) is 13.1 Å². The number of nitrogens with one attached hydrogen (secondary N) is 4. The lowest BCUT2D eigenvalue weighted by Crippen LogP contribution is -2.34. The van der Waals surface area contributed by atoms with E-state index in [9.17, 15) is 19.2 Å². The maximum Gasteiger partial charge on any atom is 0.407 e. The van der Waals surface area contributed by atoms with Gasteiger partial charge in [-0.15, -0.1) is 0 Å². The van der Waals surface area contributed by atoms with Gasteiger partial charge in [-0.3, -0.25) is 9.59 Å². The van der Waals surface area contributed by atoms with Gasteiger partial charge in [0.25, 0.3) is 11.1 Å². The minimum atomic E-state index is -0.573. The SMILES string of the molecule is Cc1cc(Cc2ccccc2)[nH]c(=O)c1CNC(=O)OC(C)(C)C.Cc1cc(Cc2ccccc2)c(CNC(=O)OC(C)(C)C)c(=O)[nH]1. The average Bonchev–Trinajstić information content (AvgIpc) is 2.96. The number of benzene rings is 2. The maximum absolute atomic E-state index is 12.3. The number of aromatic amines is 2. The van der Waals surface area contributed by atoms with Crippen LogP contribution in [0.25, 0.3) is 0 Å². The molecule has 2 heterocycles. The van der Waals surface area contributed by atoms with E-state index in [2.05, 4.69) is 20.6 Å². The summed E-state index contributed by atoms with van der Waals surface area (Å²) in [5, 5.41) is 5.29. The van der Waals surface area contributed by atoms with Gasteiger partial charge >= 0.3 is 12.2 Å². The number of carbonyl (C=O) groups excluding carboxylic acids is 2. The second-order valence-electron chi connectivity index (χ2n) is 13.6. The Morgan fingerprint density at radius 1 is 0.646 bits per heavy atom. The number of aromatic nitrogens is 2. The molecule has 10 nitrogen and oxygen atoms in total. The number of carbonyl (C=O) groups is 2. The molecule has 0 saturated carbocycles. The van der Waals surface area contributed by atoms with Crippen molar-refractivity contribution >= 4 is 12.2 Å². The molecule has 0 bridgehead atoms. The van der Waals surface area contributed by atoms with E-state index in [1.807, 2.05) is 86.6 Å². The molecule has 4 aromatic rings. The Balaban J connectivity index is 0.000000260. The van der Waals surface area contributed by atoms with E-state index in [1.54, 1.807) is 41.5 Å². The molecule has 0 radical (unpaired) electrons. The van der Waals surface area contributed by atoms with Crippen LogP contribution in [0.3, 0.4) is 0 Å². The molecular formula is C38H48N4O6. The van der Waals surface area contributed by atoms with Crippen LogP contribution in [-0.4, -0.2) is 33.4 Å². The molecule has 48 heavy (non-hydrogen) atoms. The number of amides is 2. The number of pyridine rings is 2.